The summed E-state index contributed by atoms with van der Waals surface area (Å²) in [4.78, 5) is 0. The summed E-state index contributed by atoms with van der Waals surface area (Å²) in [6, 6.07) is 0. The van der Waals surface area contributed by atoms with Gasteiger partial charge < -0.3 is 10.8 Å². The van der Waals surface area contributed by atoms with Crippen LogP contribution in [0.5, 0.6) is 0 Å². The zero-order chi connectivity index (χ0) is 11.9. The van der Waals surface area contributed by atoms with Crippen LogP contribution >= 0.6 is 11.6 Å². The Balaban J connectivity index is 3.36. The van der Waals surface area contributed by atoms with Crippen molar-refractivity contribution >= 4 is 11.6 Å². The topological polar surface area (TPSA) is 64.1 Å². The summed E-state index contributed by atoms with van der Waals surface area (Å²) < 4.78 is 38.6. The van der Waals surface area contributed by atoms with E-state index in [1.54, 1.807) is 0 Å². The Kier molecular flexibility index (Phi) is 2.99. The van der Waals surface area contributed by atoms with Crippen LogP contribution in [0, 0.1) is 0 Å². The number of rotatable bonds is 2. The molecule has 3 N–H and O–H groups in total. The van der Waals surface area contributed by atoms with Gasteiger partial charge in [0.2, 0.25) is 5.60 Å². The molecule has 0 saturated carbocycles. The molecule has 4 nitrogen and oxygen atoms in total. The van der Waals surface area contributed by atoms with Crippen molar-refractivity contribution in [2.45, 2.75) is 11.8 Å². The number of nitrogens with two attached hydrogens (primary N) is 1. The average molecular weight is 244 g/mol. The van der Waals surface area contributed by atoms with Gasteiger partial charge in [0, 0.05) is 13.6 Å². The van der Waals surface area contributed by atoms with Crippen molar-refractivity contribution in [2.75, 3.05) is 6.54 Å². The van der Waals surface area contributed by atoms with E-state index in [1.165, 1.54) is 7.05 Å². The standard InChI is InChI=1S/C7H9ClF3N3O/c1-14-5(4(8)2-13-14)6(15,3-12)7(9,10)11/h2,15H,3,12H2,1H3. The molecule has 1 aromatic heterocycles. The highest BCUT2D eigenvalue weighted by Gasteiger charge is 2.56. The zero-order valence-corrected chi connectivity index (χ0v) is 8.47. The molecule has 1 rings (SSSR count). The fourth-order valence-corrected chi connectivity index (χ4v) is 1.54. The first-order chi connectivity index (χ1) is 6.74. The largest absolute Gasteiger partial charge is 0.424 e. The lowest BCUT2D eigenvalue weighted by Crippen LogP contribution is -2.49. The summed E-state index contributed by atoms with van der Waals surface area (Å²) in [5.41, 5.74) is 1.22. The summed E-state index contributed by atoms with van der Waals surface area (Å²) in [5, 5.41) is 12.7. The Morgan fingerprint density at radius 1 is 1.60 bits per heavy atom. The van der Waals surface area contributed by atoms with E-state index >= 15 is 0 Å². The molecular formula is C7H9ClF3N3O. The third-order valence-corrected chi connectivity index (χ3v) is 2.33. The number of aromatic nitrogens is 2. The smallest absolute Gasteiger partial charge is 0.374 e. The molecular weight excluding hydrogens is 235 g/mol. The maximum atomic E-state index is 12.6. The molecule has 86 valence electrons. The fraction of sp³-hybridized carbons (Fsp3) is 0.571. The highest BCUT2D eigenvalue weighted by Crippen LogP contribution is 2.40. The van der Waals surface area contributed by atoms with Crippen molar-refractivity contribution < 1.29 is 18.3 Å². The number of hydrogen-bond acceptors (Lipinski definition) is 3. The Morgan fingerprint density at radius 2 is 2.13 bits per heavy atom. The summed E-state index contributed by atoms with van der Waals surface area (Å²) in [7, 11) is 1.24. The van der Waals surface area contributed by atoms with Crippen LogP contribution in [-0.4, -0.2) is 27.6 Å². The van der Waals surface area contributed by atoms with Gasteiger partial charge in [-0.2, -0.15) is 18.3 Å². The summed E-state index contributed by atoms with van der Waals surface area (Å²) in [5.74, 6) is 0. The summed E-state index contributed by atoms with van der Waals surface area (Å²) in [6.07, 6.45) is -3.89. The van der Waals surface area contributed by atoms with Crippen molar-refractivity contribution in [3.63, 3.8) is 0 Å². The first kappa shape index (κ1) is 12.3. The normalized spacial score (nSPS) is 16.5. The molecule has 0 aliphatic rings. The Labute approximate surface area is 88.4 Å². The molecule has 8 heteroatoms. The lowest BCUT2D eigenvalue weighted by molar-refractivity contribution is -0.264. The van der Waals surface area contributed by atoms with E-state index in [2.05, 4.69) is 5.10 Å². The number of aryl methyl sites for hydroxylation is 1. The second kappa shape index (κ2) is 3.66. The fourth-order valence-electron chi connectivity index (χ4n) is 1.22. The molecule has 0 fully saturated rings. The van der Waals surface area contributed by atoms with Crippen molar-refractivity contribution in [2.24, 2.45) is 12.8 Å². The van der Waals surface area contributed by atoms with Crippen molar-refractivity contribution in [3.05, 3.63) is 16.9 Å². The van der Waals surface area contributed by atoms with Gasteiger partial charge in [-0.05, 0) is 0 Å². The van der Waals surface area contributed by atoms with E-state index < -0.39 is 24.0 Å². The maximum Gasteiger partial charge on any atom is 0.424 e. The predicted octanol–water partition coefficient (Wildman–Crippen LogP) is 0.782. The molecule has 0 radical (unpaired) electrons. The maximum absolute atomic E-state index is 12.6. The molecule has 0 aromatic carbocycles. The lowest BCUT2D eigenvalue weighted by Gasteiger charge is -2.29. The Hall–Kier alpha value is -0.790. The molecule has 0 saturated heterocycles. The quantitative estimate of drug-likeness (QED) is 0.807. The van der Waals surface area contributed by atoms with E-state index in [-0.39, 0.29) is 5.02 Å². The van der Waals surface area contributed by atoms with Gasteiger partial charge in [-0.25, -0.2) is 0 Å². The third-order valence-electron chi connectivity index (χ3n) is 2.05. The SMILES string of the molecule is Cn1ncc(Cl)c1C(O)(CN)C(F)(F)F. The highest BCUT2D eigenvalue weighted by atomic mass is 35.5. The van der Waals surface area contributed by atoms with Gasteiger partial charge in [0.15, 0.2) is 0 Å². The van der Waals surface area contributed by atoms with Gasteiger partial charge in [-0.3, -0.25) is 4.68 Å². The van der Waals surface area contributed by atoms with Gasteiger partial charge in [0.05, 0.1) is 16.9 Å². The van der Waals surface area contributed by atoms with E-state index in [0.29, 0.717) is 0 Å². The minimum atomic E-state index is -4.90. The molecule has 1 unspecified atom stereocenters. The van der Waals surface area contributed by atoms with Gasteiger partial charge >= 0.3 is 6.18 Å². The van der Waals surface area contributed by atoms with E-state index in [4.69, 9.17) is 17.3 Å². The minimum absolute atomic E-state index is 0.275. The van der Waals surface area contributed by atoms with Crippen LogP contribution in [0.3, 0.4) is 0 Å². The number of halogens is 4. The monoisotopic (exact) mass is 243 g/mol. The lowest BCUT2D eigenvalue weighted by atomic mass is 9.99. The van der Waals surface area contributed by atoms with Gasteiger partial charge in [-0.1, -0.05) is 11.6 Å². The van der Waals surface area contributed by atoms with Crippen LogP contribution in [-0.2, 0) is 12.6 Å². The Bertz CT molecular complexity index is 345. The van der Waals surface area contributed by atoms with Crippen LogP contribution in [0.15, 0.2) is 6.20 Å². The zero-order valence-electron chi connectivity index (χ0n) is 7.72. The van der Waals surface area contributed by atoms with Crippen LogP contribution in [0.2, 0.25) is 5.02 Å². The number of nitrogens with zero attached hydrogens (tertiary/aromatic N) is 2. The molecule has 1 atom stereocenters. The minimum Gasteiger partial charge on any atom is -0.374 e. The van der Waals surface area contributed by atoms with Crippen LogP contribution < -0.4 is 5.73 Å². The van der Waals surface area contributed by atoms with Crippen LogP contribution in [0.1, 0.15) is 5.69 Å². The Morgan fingerprint density at radius 3 is 2.40 bits per heavy atom. The van der Waals surface area contributed by atoms with E-state index in [1.807, 2.05) is 0 Å². The number of hydrogen-bond donors (Lipinski definition) is 2. The molecule has 0 amide bonds. The van der Waals surface area contributed by atoms with Crippen LogP contribution in [0.4, 0.5) is 13.2 Å². The predicted molar refractivity (Wildman–Crippen MR) is 47.2 cm³/mol. The summed E-state index contributed by atoms with van der Waals surface area (Å²) >= 11 is 5.52. The molecule has 1 aromatic rings. The molecule has 15 heavy (non-hydrogen) atoms. The molecule has 0 aliphatic carbocycles. The summed E-state index contributed by atoms with van der Waals surface area (Å²) in [6.45, 7) is -1.02. The van der Waals surface area contributed by atoms with Gasteiger partial charge in [-0.15, -0.1) is 0 Å². The molecule has 0 bridgehead atoms. The van der Waals surface area contributed by atoms with E-state index in [0.717, 1.165) is 10.9 Å². The second-order valence-electron chi connectivity index (χ2n) is 3.03. The molecule has 0 spiro atoms. The van der Waals surface area contributed by atoms with Crippen molar-refractivity contribution in [1.82, 2.24) is 9.78 Å². The molecule has 1 heterocycles. The highest BCUT2D eigenvalue weighted by molar-refractivity contribution is 6.31. The first-order valence-corrected chi connectivity index (χ1v) is 4.29. The van der Waals surface area contributed by atoms with Gasteiger partial charge in [0.25, 0.3) is 0 Å². The third kappa shape index (κ3) is 1.82. The average Bonchev–Trinajstić information content (AvgIpc) is 2.43. The van der Waals surface area contributed by atoms with E-state index in [9.17, 15) is 18.3 Å². The first-order valence-electron chi connectivity index (χ1n) is 3.91. The second-order valence-corrected chi connectivity index (χ2v) is 3.43. The number of aliphatic hydroxyl groups is 1. The van der Waals surface area contributed by atoms with Gasteiger partial charge in [0.1, 0.15) is 0 Å². The number of alkyl halides is 3. The van der Waals surface area contributed by atoms with Crippen LogP contribution in [0.25, 0.3) is 0 Å². The molecule has 0 aliphatic heterocycles. The van der Waals surface area contributed by atoms with Crippen molar-refractivity contribution in [3.8, 4) is 0 Å². The van der Waals surface area contributed by atoms with Crippen molar-refractivity contribution in [1.29, 1.82) is 0 Å².